The maximum absolute atomic E-state index is 12.5. The van der Waals surface area contributed by atoms with Crippen LogP contribution in [-0.2, 0) is 4.79 Å². The number of amides is 1. The molecule has 0 aromatic rings. The zero-order chi connectivity index (χ0) is 42.4. The first-order valence-electron chi connectivity index (χ1n) is 26.1. The lowest BCUT2D eigenvalue weighted by atomic mass is 9.99. The van der Waals surface area contributed by atoms with Crippen molar-refractivity contribution in [3.63, 3.8) is 0 Å². The van der Waals surface area contributed by atoms with Crippen LogP contribution in [0.3, 0.4) is 0 Å². The SMILES string of the molecule is CCCCCCCCCCCCCC/C=C\CCCCCCCCCCCCCCCCCCC(O)C(=O)NC(CO)C(O)C(O)CCCCCCCCCCCC. The molecular weight excluding hydrogens is 719 g/mol. The second kappa shape index (κ2) is 47.1. The molecule has 0 aliphatic rings. The Hall–Kier alpha value is -0.950. The third kappa shape index (κ3) is 40.5. The maximum Gasteiger partial charge on any atom is 0.249 e. The maximum atomic E-state index is 12.5. The van der Waals surface area contributed by atoms with E-state index in [2.05, 4.69) is 31.3 Å². The van der Waals surface area contributed by atoms with Crippen LogP contribution in [0, 0.1) is 0 Å². The third-order valence-corrected chi connectivity index (χ3v) is 12.5. The Morgan fingerprint density at radius 1 is 0.414 bits per heavy atom. The topological polar surface area (TPSA) is 110 Å². The van der Waals surface area contributed by atoms with E-state index in [1.54, 1.807) is 0 Å². The van der Waals surface area contributed by atoms with Crippen LogP contribution in [0.4, 0.5) is 0 Å². The van der Waals surface area contributed by atoms with E-state index in [1.807, 2.05) is 0 Å². The fourth-order valence-electron chi connectivity index (χ4n) is 8.34. The van der Waals surface area contributed by atoms with Gasteiger partial charge in [0.1, 0.15) is 12.2 Å². The minimum absolute atomic E-state index is 0.373. The van der Waals surface area contributed by atoms with Gasteiger partial charge in [-0.15, -0.1) is 0 Å². The van der Waals surface area contributed by atoms with Gasteiger partial charge in [-0.05, 0) is 38.5 Å². The van der Waals surface area contributed by atoms with Crippen molar-refractivity contribution in [3.05, 3.63) is 12.2 Å². The molecule has 0 rings (SSSR count). The zero-order valence-electron chi connectivity index (χ0n) is 39.1. The number of aliphatic hydroxyl groups excluding tert-OH is 4. The normalized spacial score (nSPS) is 14.0. The molecule has 58 heavy (non-hydrogen) atoms. The molecule has 0 radical (unpaired) electrons. The predicted octanol–water partition coefficient (Wildman–Crippen LogP) is 14.5. The van der Waals surface area contributed by atoms with Crippen molar-refractivity contribution in [2.24, 2.45) is 0 Å². The van der Waals surface area contributed by atoms with Crippen LogP contribution in [0.2, 0.25) is 0 Å². The molecule has 1 amide bonds. The Balaban J connectivity index is 3.52. The molecule has 0 aromatic carbocycles. The van der Waals surface area contributed by atoms with Crippen LogP contribution in [0.15, 0.2) is 12.2 Å². The molecule has 6 nitrogen and oxygen atoms in total. The second-order valence-corrected chi connectivity index (χ2v) is 18.2. The van der Waals surface area contributed by atoms with Gasteiger partial charge in [0, 0.05) is 0 Å². The Morgan fingerprint density at radius 3 is 1.00 bits per heavy atom. The molecule has 0 fully saturated rings. The summed E-state index contributed by atoms with van der Waals surface area (Å²) in [7, 11) is 0. The summed E-state index contributed by atoms with van der Waals surface area (Å²) >= 11 is 0. The summed E-state index contributed by atoms with van der Waals surface area (Å²) in [4.78, 5) is 12.5. The van der Waals surface area contributed by atoms with Gasteiger partial charge in [0.25, 0.3) is 0 Å². The summed E-state index contributed by atoms with van der Waals surface area (Å²) in [6, 6.07) is -0.980. The monoisotopic (exact) mass is 822 g/mol. The molecule has 0 heterocycles. The molecule has 0 aliphatic heterocycles. The van der Waals surface area contributed by atoms with Gasteiger partial charge < -0.3 is 25.7 Å². The lowest BCUT2D eigenvalue weighted by Crippen LogP contribution is -2.53. The van der Waals surface area contributed by atoms with Crippen molar-refractivity contribution in [3.8, 4) is 0 Å². The smallest absolute Gasteiger partial charge is 0.249 e. The third-order valence-electron chi connectivity index (χ3n) is 12.5. The van der Waals surface area contributed by atoms with Crippen molar-refractivity contribution in [2.45, 2.75) is 308 Å². The van der Waals surface area contributed by atoms with Gasteiger partial charge in [-0.2, -0.15) is 0 Å². The number of allylic oxidation sites excluding steroid dienone is 2. The van der Waals surface area contributed by atoms with Gasteiger partial charge >= 0.3 is 0 Å². The number of rotatable bonds is 48. The van der Waals surface area contributed by atoms with Gasteiger partial charge in [0.15, 0.2) is 0 Å². The number of hydrogen-bond donors (Lipinski definition) is 5. The number of hydrogen-bond acceptors (Lipinski definition) is 5. The summed E-state index contributed by atoms with van der Waals surface area (Å²) in [5, 5.41) is 43.7. The van der Waals surface area contributed by atoms with E-state index >= 15 is 0 Å². The lowest BCUT2D eigenvalue weighted by molar-refractivity contribution is -0.132. The van der Waals surface area contributed by atoms with Crippen LogP contribution in [0.25, 0.3) is 0 Å². The highest BCUT2D eigenvalue weighted by Crippen LogP contribution is 2.17. The van der Waals surface area contributed by atoms with Gasteiger partial charge in [0.05, 0.1) is 18.8 Å². The second-order valence-electron chi connectivity index (χ2n) is 18.2. The van der Waals surface area contributed by atoms with Crippen molar-refractivity contribution >= 4 is 5.91 Å². The molecule has 0 saturated carbocycles. The van der Waals surface area contributed by atoms with Crippen LogP contribution in [0.5, 0.6) is 0 Å². The summed E-state index contributed by atoms with van der Waals surface area (Å²) in [5.41, 5.74) is 0. The fraction of sp³-hybridized carbons (Fsp3) is 0.942. The molecule has 346 valence electrons. The molecule has 4 atom stereocenters. The van der Waals surface area contributed by atoms with E-state index in [1.165, 1.54) is 218 Å². The Labute approximate surface area is 362 Å². The summed E-state index contributed by atoms with van der Waals surface area (Å²) in [6.07, 6.45) is 54.3. The first-order valence-corrected chi connectivity index (χ1v) is 26.1. The summed E-state index contributed by atoms with van der Waals surface area (Å²) < 4.78 is 0. The average molecular weight is 822 g/mol. The van der Waals surface area contributed by atoms with Crippen LogP contribution in [-0.4, -0.2) is 57.3 Å². The Morgan fingerprint density at radius 2 is 0.690 bits per heavy atom. The Kier molecular flexibility index (Phi) is 46.3. The largest absolute Gasteiger partial charge is 0.394 e. The molecule has 0 saturated heterocycles. The molecule has 4 unspecified atom stereocenters. The quantitative estimate of drug-likeness (QED) is 0.0310. The fourth-order valence-corrected chi connectivity index (χ4v) is 8.34. The number of carbonyl (C=O) groups excluding carboxylic acids is 1. The molecule has 6 heteroatoms. The molecule has 5 N–H and O–H groups in total. The number of unbranched alkanes of at least 4 members (excludes halogenated alkanes) is 37. The summed E-state index contributed by atoms with van der Waals surface area (Å²) in [6.45, 7) is 4.05. The highest BCUT2D eigenvalue weighted by molar-refractivity contribution is 5.80. The van der Waals surface area contributed by atoms with E-state index in [9.17, 15) is 25.2 Å². The number of aliphatic hydroxyl groups is 4. The molecule has 0 aromatic heterocycles. The van der Waals surface area contributed by atoms with Crippen LogP contribution in [0.1, 0.15) is 284 Å². The van der Waals surface area contributed by atoms with E-state index in [0.717, 1.165) is 38.5 Å². The van der Waals surface area contributed by atoms with E-state index in [-0.39, 0.29) is 0 Å². The highest BCUT2D eigenvalue weighted by Gasteiger charge is 2.28. The highest BCUT2D eigenvalue weighted by atomic mass is 16.3. The van der Waals surface area contributed by atoms with E-state index < -0.39 is 36.9 Å². The Bertz CT molecular complexity index is 837. The minimum Gasteiger partial charge on any atom is -0.394 e. The average Bonchev–Trinajstić information content (AvgIpc) is 3.23. The van der Waals surface area contributed by atoms with Crippen LogP contribution < -0.4 is 5.32 Å². The first-order chi connectivity index (χ1) is 28.5. The van der Waals surface area contributed by atoms with Crippen molar-refractivity contribution in [1.29, 1.82) is 0 Å². The van der Waals surface area contributed by atoms with Gasteiger partial charge in [-0.3, -0.25) is 4.79 Å². The van der Waals surface area contributed by atoms with Gasteiger partial charge in [0.2, 0.25) is 5.91 Å². The number of nitrogens with one attached hydrogen (secondary N) is 1. The molecular formula is C52H103NO5. The predicted molar refractivity (Wildman–Crippen MR) is 251 cm³/mol. The van der Waals surface area contributed by atoms with Crippen molar-refractivity contribution < 1.29 is 25.2 Å². The van der Waals surface area contributed by atoms with E-state index in [0.29, 0.717) is 12.8 Å². The van der Waals surface area contributed by atoms with Crippen LogP contribution >= 0.6 is 0 Å². The van der Waals surface area contributed by atoms with Crippen molar-refractivity contribution in [1.82, 2.24) is 5.32 Å². The first kappa shape index (κ1) is 57.1. The number of carbonyl (C=O) groups is 1. The minimum atomic E-state index is -1.25. The van der Waals surface area contributed by atoms with Gasteiger partial charge in [-0.1, -0.05) is 257 Å². The molecule has 0 bridgehead atoms. The molecule has 0 spiro atoms. The van der Waals surface area contributed by atoms with E-state index in [4.69, 9.17) is 0 Å². The van der Waals surface area contributed by atoms with Gasteiger partial charge in [-0.25, -0.2) is 0 Å². The van der Waals surface area contributed by atoms with Crippen molar-refractivity contribution in [2.75, 3.05) is 6.61 Å². The lowest BCUT2D eigenvalue weighted by Gasteiger charge is -2.27. The zero-order valence-corrected chi connectivity index (χ0v) is 39.1. The summed E-state index contributed by atoms with van der Waals surface area (Å²) in [5.74, 6) is -0.581. The molecule has 0 aliphatic carbocycles. The standard InChI is InChI=1S/C52H103NO5/c1-3-5-7-9-11-13-15-16-17-18-19-20-21-22-23-24-25-26-27-28-29-30-31-32-33-34-35-36-38-40-42-44-46-50(56)52(58)53-48(47-54)51(57)49(55)45-43-41-39-37-14-12-10-8-6-4-2/h22-23,48-51,54-57H,3-21,24-47H2,1-2H3,(H,53,58)/b23-22-.